The molecule has 6 nitrogen and oxygen atoms in total. The zero-order chi connectivity index (χ0) is 24.0. The number of hydrogen-bond acceptors (Lipinski definition) is 4. The maximum atomic E-state index is 13.4. The van der Waals surface area contributed by atoms with Crippen molar-refractivity contribution in [2.75, 3.05) is 0 Å². The van der Waals surface area contributed by atoms with Crippen molar-refractivity contribution in [2.45, 2.75) is 25.4 Å². The van der Waals surface area contributed by atoms with E-state index in [1.165, 1.54) is 12.1 Å². The molecular formula is C20H15Cl2F3N4O2S. The van der Waals surface area contributed by atoms with Gasteiger partial charge in [-0.3, -0.25) is 9.78 Å². The van der Waals surface area contributed by atoms with Gasteiger partial charge in [0, 0.05) is 5.02 Å². The molecule has 1 atom stereocenters. The second-order valence-corrected chi connectivity index (χ2v) is 8.41. The van der Waals surface area contributed by atoms with Gasteiger partial charge in [-0.15, -0.1) is 0 Å². The van der Waals surface area contributed by atoms with Gasteiger partial charge in [0.05, 0.1) is 26.7 Å². The molecule has 12 heteroatoms. The molecule has 3 N–H and O–H groups in total. The first-order valence-corrected chi connectivity index (χ1v) is 10.1. The third-order valence-electron chi connectivity index (χ3n) is 5.11. The van der Waals surface area contributed by atoms with Crippen molar-refractivity contribution in [3.8, 4) is 5.69 Å². The third kappa shape index (κ3) is 4.17. The van der Waals surface area contributed by atoms with Crippen molar-refractivity contribution in [1.29, 1.82) is 0 Å². The lowest BCUT2D eigenvalue weighted by atomic mass is 9.75. The third-order valence-corrected chi connectivity index (χ3v) is 6.16. The average molecular weight is 503 g/mol. The fourth-order valence-electron chi connectivity index (χ4n) is 3.29. The average Bonchev–Trinajstić information content (AvgIpc) is 2.68. The highest BCUT2D eigenvalue weighted by atomic mass is 35.5. The molecule has 3 aromatic rings. The van der Waals surface area contributed by atoms with Crippen LogP contribution in [0.4, 0.5) is 13.2 Å². The molecule has 1 unspecified atom stereocenters. The predicted molar refractivity (Wildman–Crippen MR) is 120 cm³/mol. The highest BCUT2D eigenvalue weighted by molar-refractivity contribution is 7.80. The van der Waals surface area contributed by atoms with Crippen LogP contribution in [0.15, 0.2) is 46.1 Å². The molecule has 1 aromatic heterocycles. The fourth-order valence-corrected chi connectivity index (χ4v) is 4.09. The number of benzene rings is 2. The van der Waals surface area contributed by atoms with Gasteiger partial charge in [0.1, 0.15) is 6.20 Å². The summed E-state index contributed by atoms with van der Waals surface area (Å²) in [5, 5.41) is 3.40. The van der Waals surface area contributed by atoms with Crippen LogP contribution in [-0.2, 0) is 11.6 Å². The van der Waals surface area contributed by atoms with Crippen LogP contribution in [0.2, 0.25) is 10.0 Å². The smallest absolute Gasteiger partial charge is 0.392 e. The monoisotopic (exact) mass is 502 g/mol. The Bertz CT molecular complexity index is 1350. The summed E-state index contributed by atoms with van der Waals surface area (Å²) in [5.41, 5.74) is 3.31. The molecule has 0 fully saturated rings. The number of halogens is 5. The minimum atomic E-state index is -4.69. The molecule has 2 aromatic carbocycles. The Labute approximate surface area is 194 Å². The molecule has 1 heterocycles. The van der Waals surface area contributed by atoms with Crippen molar-refractivity contribution < 1.29 is 13.2 Å². The molecule has 0 radical (unpaired) electrons. The van der Waals surface area contributed by atoms with Crippen LogP contribution in [0.25, 0.3) is 5.69 Å². The van der Waals surface area contributed by atoms with Crippen LogP contribution in [0.1, 0.15) is 29.2 Å². The molecule has 0 amide bonds. The van der Waals surface area contributed by atoms with Gasteiger partial charge in [-0.25, -0.2) is 4.79 Å². The first-order chi connectivity index (χ1) is 14.8. The van der Waals surface area contributed by atoms with Crippen LogP contribution in [0.5, 0.6) is 0 Å². The molecule has 0 saturated carbocycles. The normalized spacial score (nSPS) is 13.6. The van der Waals surface area contributed by atoms with Gasteiger partial charge in [-0.1, -0.05) is 47.6 Å². The van der Waals surface area contributed by atoms with Crippen LogP contribution in [0.3, 0.4) is 0 Å². The molecule has 32 heavy (non-hydrogen) atoms. The number of aryl methyl sites for hydroxylation is 1. The number of alkyl halides is 3. The fraction of sp³-hybridized carbons (Fsp3) is 0.200. The van der Waals surface area contributed by atoms with E-state index in [9.17, 15) is 22.8 Å². The molecule has 0 aliphatic rings. The standard InChI is InChI=1S/C20H15Cl2F3N4O2S/c1-9-5-11(14(22)7-15(9)29-18(31)28-16(30)8-27-29)19(2,17(26)32)10-3-4-13(21)12(6-10)20(23,24)25/h3-8H,1-2H3,(H2,26,32)(H,28,30,31). The van der Waals surface area contributed by atoms with Crippen LogP contribution in [-0.4, -0.2) is 19.8 Å². The van der Waals surface area contributed by atoms with E-state index in [2.05, 4.69) is 10.1 Å². The summed E-state index contributed by atoms with van der Waals surface area (Å²) < 4.78 is 41.2. The highest BCUT2D eigenvalue weighted by Gasteiger charge is 2.39. The first kappa shape index (κ1) is 24.0. The van der Waals surface area contributed by atoms with E-state index < -0.39 is 33.4 Å². The number of nitrogens with one attached hydrogen (secondary N) is 1. The summed E-state index contributed by atoms with van der Waals surface area (Å²) in [5.74, 6) is 0. The van der Waals surface area contributed by atoms with E-state index in [4.69, 9.17) is 41.2 Å². The number of H-pyrrole nitrogens is 1. The lowest BCUT2D eigenvalue weighted by Gasteiger charge is -2.32. The second-order valence-electron chi connectivity index (χ2n) is 7.15. The summed E-state index contributed by atoms with van der Waals surface area (Å²) in [7, 11) is 0. The van der Waals surface area contributed by atoms with Crippen LogP contribution >= 0.6 is 35.4 Å². The first-order valence-electron chi connectivity index (χ1n) is 8.93. The highest BCUT2D eigenvalue weighted by Crippen LogP contribution is 2.42. The largest absolute Gasteiger partial charge is 0.417 e. The Kier molecular flexibility index (Phi) is 6.25. The van der Waals surface area contributed by atoms with Crippen LogP contribution in [0, 0.1) is 6.92 Å². The molecule has 0 spiro atoms. The maximum absolute atomic E-state index is 13.4. The van der Waals surface area contributed by atoms with E-state index in [0.29, 0.717) is 11.1 Å². The summed E-state index contributed by atoms with van der Waals surface area (Å²) in [4.78, 5) is 25.4. The number of aromatic nitrogens is 3. The van der Waals surface area contributed by atoms with Gasteiger partial charge in [-0.05, 0) is 48.7 Å². The number of thiocarbonyl (C=S) groups is 1. The van der Waals surface area contributed by atoms with Crippen molar-refractivity contribution in [1.82, 2.24) is 14.8 Å². The zero-order valence-corrected chi connectivity index (χ0v) is 18.9. The van der Waals surface area contributed by atoms with Gasteiger partial charge >= 0.3 is 11.9 Å². The number of nitrogens with two attached hydrogens (primary N) is 1. The van der Waals surface area contributed by atoms with Crippen molar-refractivity contribution >= 4 is 40.4 Å². The lowest BCUT2D eigenvalue weighted by Crippen LogP contribution is -2.39. The van der Waals surface area contributed by atoms with E-state index in [1.54, 1.807) is 19.9 Å². The molecule has 0 saturated heterocycles. The molecule has 168 valence electrons. The molecule has 0 aliphatic carbocycles. The van der Waals surface area contributed by atoms with E-state index in [0.717, 1.165) is 23.0 Å². The van der Waals surface area contributed by atoms with Crippen molar-refractivity contribution in [2.24, 2.45) is 5.73 Å². The summed E-state index contributed by atoms with van der Waals surface area (Å²) in [6.07, 6.45) is -3.76. The molecule has 0 bridgehead atoms. The van der Waals surface area contributed by atoms with Crippen LogP contribution < -0.4 is 17.0 Å². The zero-order valence-electron chi connectivity index (χ0n) is 16.6. The predicted octanol–water partition coefficient (Wildman–Crippen LogP) is 4.15. The Balaban J connectivity index is 2.26. The number of hydrogen-bond donors (Lipinski definition) is 2. The van der Waals surface area contributed by atoms with Gasteiger partial charge in [0.15, 0.2) is 0 Å². The topological polar surface area (TPSA) is 93.8 Å². The van der Waals surface area contributed by atoms with E-state index in [-0.39, 0.29) is 21.3 Å². The van der Waals surface area contributed by atoms with E-state index >= 15 is 0 Å². The second kappa shape index (κ2) is 8.34. The number of nitrogens with zero attached hydrogens (tertiary/aromatic N) is 2. The SMILES string of the molecule is Cc1cc(C(C)(C(N)=S)c2ccc(Cl)c(C(F)(F)F)c2)c(Cl)cc1-n1ncc(=O)[nH]c1=O. The summed E-state index contributed by atoms with van der Waals surface area (Å²) in [6, 6.07) is 6.35. The minimum Gasteiger partial charge on any atom is -0.392 e. The van der Waals surface area contributed by atoms with Gasteiger partial charge in [0.25, 0.3) is 5.56 Å². The Morgan fingerprint density at radius 3 is 2.34 bits per heavy atom. The maximum Gasteiger partial charge on any atom is 0.417 e. The van der Waals surface area contributed by atoms with Crippen molar-refractivity contribution in [3.63, 3.8) is 0 Å². The number of rotatable bonds is 4. The quantitative estimate of drug-likeness (QED) is 0.522. The van der Waals surface area contributed by atoms with Gasteiger partial charge in [-0.2, -0.15) is 23.0 Å². The Hall–Kier alpha value is -2.69. The number of aromatic amines is 1. The summed E-state index contributed by atoms with van der Waals surface area (Å²) >= 11 is 17.5. The minimum absolute atomic E-state index is 0.0734. The lowest BCUT2D eigenvalue weighted by molar-refractivity contribution is -0.137. The molecule has 3 rings (SSSR count). The van der Waals surface area contributed by atoms with Crippen molar-refractivity contribution in [3.05, 3.63) is 89.7 Å². The van der Waals surface area contributed by atoms with Gasteiger partial charge in [0.2, 0.25) is 0 Å². The van der Waals surface area contributed by atoms with E-state index in [1.807, 2.05) is 0 Å². The molecule has 0 aliphatic heterocycles. The van der Waals surface area contributed by atoms with Gasteiger partial charge < -0.3 is 5.73 Å². The molecular weight excluding hydrogens is 488 g/mol. The summed E-state index contributed by atoms with van der Waals surface area (Å²) in [6.45, 7) is 3.18. The Morgan fingerprint density at radius 2 is 1.78 bits per heavy atom. The Morgan fingerprint density at radius 1 is 1.12 bits per heavy atom.